The Kier molecular flexibility index (Phi) is 44.5. The van der Waals surface area contributed by atoms with E-state index in [0.717, 1.165) is 17.8 Å². The van der Waals surface area contributed by atoms with Crippen LogP contribution >= 0.6 is 0 Å². The molecule has 0 aliphatic carbocycles. The standard InChI is InChI=1S/2C13H28.3CH4/c1-5-12(6-2)10-9-11-13(7-3)8-4;1-4-7-10-13(11-8-5-2)12-9-6-3;;;/h12-13H,5-11H2,1-4H3;13H,4-12H2,1-3H3;3*1H4. The molecular formula is C29H68. The van der Waals surface area contributed by atoms with Crippen molar-refractivity contribution in [2.24, 2.45) is 17.8 Å². The van der Waals surface area contributed by atoms with Gasteiger partial charge in [-0.15, -0.1) is 0 Å². The van der Waals surface area contributed by atoms with Crippen molar-refractivity contribution in [2.75, 3.05) is 0 Å². The lowest BCUT2D eigenvalue weighted by molar-refractivity contribution is 0.380. The molecule has 0 rings (SSSR count). The Hall–Kier alpha value is 0. The van der Waals surface area contributed by atoms with E-state index in [1.807, 2.05) is 0 Å². The highest BCUT2D eigenvalue weighted by molar-refractivity contribution is 4.60. The summed E-state index contributed by atoms with van der Waals surface area (Å²) in [5.41, 5.74) is 0. The maximum absolute atomic E-state index is 2.32. The summed E-state index contributed by atoms with van der Waals surface area (Å²) in [7, 11) is 0. The van der Waals surface area contributed by atoms with Crippen molar-refractivity contribution in [2.45, 2.75) is 173 Å². The van der Waals surface area contributed by atoms with Gasteiger partial charge in [-0.25, -0.2) is 0 Å². The second-order valence-corrected chi connectivity index (χ2v) is 8.59. The molecule has 29 heavy (non-hydrogen) atoms. The summed E-state index contributed by atoms with van der Waals surface area (Å²) in [5.74, 6) is 3.03. The zero-order valence-electron chi connectivity index (χ0n) is 20.0. The topological polar surface area (TPSA) is 0 Å². The van der Waals surface area contributed by atoms with Gasteiger partial charge in [0.1, 0.15) is 0 Å². The van der Waals surface area contributed by atoms with E-state index in [4.69, 9.17) is 0 Å². The van der Waals surface area contributed by atoms with Gasteiger partial charge in [0.25, 0.3) is 0 Å². The van der Waals surface area contributed by atoms with Gasteiger partial charge in [-0.1, -0.05) is 173 Å². The van der Waals surface area contributed by atoms with Crippen molar-refractivity contribution in [3.63, 3.8) is 0 Å². The third-order valence-corrected chi connectivity index (χ3v) is 6.43. The van der Waals surface area contributed by atoms with Crippen LogP contribution in [0.25, 0.3) is 0 Å². The summed E-state index contributed by atoms with van der Waals surface area (Å²) in [6.45, 7) is 16.2. The largest absolute Gasteiger partial charge is 0.0776 e. The Morgan fingerprint density at radius 2 is 0.586 bits per heavy atom. The fourth-order valence-electron chi connectivity index (χ4n) is 4.00. The van der Waals surface area contributed by atoms with Crippen molar-refractivity contribution >= 4 is 0 Å². The summed E-state index contributed by atoms with van der Waals surface area (Å²) in [6, 6.07) is 0. The molecule has 0 saturated heterocycles. The zero-order valence-corrected chi connectivity index (χ0v) is 20.0. The van der Waals surface area contributed by atoms with E-state index < -0.39 is 0 Å². The van der Waals surface area contributed by atoms with Crippen LogP contribution < -0.4 is 0 Å². The Morgan fingerprint density at radius 3 is 0.793 bits per heavy atom. The number of hydrogen-bond acceptors (Lipinski definition) is 0. The Bertz CT molecular complexity index is 193. The van der Waals surface area contributed by atoms with Crippen LogP contribution in [0.3, 0.4) is 0 Å². The van der Waals surface area contributed by atoms with Crippen LogP contribution in [0.2, 0.25) is 0 Å². The smallest absolute Gasteiger partial charge is 0.0414 e. The van der Waals surface area contributed by atoms with Crippen LogP contribution in [0.5, 0.6) is 0 Å². The van der Waals surface area contributed by atoms with Crippen molar-refractivity contribution in [3.05, 3.63) is 0 Å². The van der Waals surface area contributed by atoms with Gasteiger partial charge in [-0.2, -0.15) is 0 Å². The molecular weight excluding hydrogens is 348 g/mol. The lowest BCUT2D eigenvalue weighted by atomic mass is 9.91. The zero-order chi connectivity index (χ0) is 20.0. The van der Waals surface area contributed by atoms with Gasteiger partial charge in [0.2, 0.25) is 0 Å². The molecule has 0 bridgehead atoms. The van der Waals surface area contributed by atoms with Gasteiger partial charge in [0.05, 0.1) is 0 Å². The summed E-state index contributed by atoms with van der Waals surface area (Å²) in [4.78, 5) is 0. The fourth-order valence-corrected chi connectivity index (χ4v) is 4.00. The highest BCUT2D eigenvalue weighted by atomic mass is 14.1. The first kappa shape index (κ1) is 39.5. The predicted molar refractivity (Wildman–Crippen MR) is 144 cm³/mol. The van der Waals surface area contributed by atoms with Crippen LogP contribution in [-0.2, 0) is 0 Å². The molecule has 0 amide bonds. The molecule has 0 saturated carbocycles. The second kappa shape index (κ2) is 32.7. The van der Waals surface area contributed by atoms with Crippen LogP contribution in [0.1, 0.15) is 173 Å². The molecule has 0 aromatic carbocycles. The van der Waals surface area contributed by atoms with Gasteiger partial charge >= 0.3 is 0 Å². The lowest BCUT2D eigenvalue weighted by Crippen LogP contribution is -2.01. The number of unbranched alkanes of at least 4 members (excludes halogenated alkanes) is 3. The van der Waals surface area contributed by atoms with Crippen molar-refractivity contribution in [1.82, 2.24) is 0 Å². The summed E-state index contributed by atoms with van der Waals surface area (Å²) in [5, 5.41) is 0. The van der Waals surface area contributed by atoms with Crippen LogP contribution in [0.15, 0.2) is 0 Å². The predicted octanol–water partition coefficient (Wildman–Crippen LogP) is 12.1. The van der Waals surface area contributed by atoms with E-state index >= 15 is 0 Å². The minimum atomic E-state index is 0. The van der Waals surface area contributed by atoms with E-state index in [1.165, 1.54) is 103 Å². The van der Waals surface area contributed by atoms with Crippen LogP contribution in [-0.4, -0.2) is 0 Å². The third-order valence-electron chi connectivity index (χ3n) is 6.43. The minimum absolute atomic E-state index is 0. The highest BCUT2D eigenvalue weighted by Gasteiger charge is 2.07. The van der Waals surface area contributed by atoms with Gasteiger partial charge in [0, 0.05) is 0 Å². The van der Waals surface area contributed by atoms with Gasteiger partial charge < -0.3 is 0 Å². The molecule has 0 unspecified atom stereocenters. The maximum Gasteiger partial charge on any atom is -0.0414 e. The minimum Gasteiger partial charge on any atom is -0.0776 e. The molecule has 0 aliphatic heterocycles. The molecule has 0 atom stereocenters. The lowest BCUT2D eigenvalue weighted by Gasteiger charge is -2.15. The van der Waals surface area contributed by atoms with E-state index in [1.54, 1.807) is 0 Å². The van der Waals surface area contributed by atoms with Crippen molar-refractivity contribution in [1.29, 1.82) is 0 Å². The number of hydrogen-bond donors (Lipinski definition) is 0. The van der Waals surface area contributed by atoms with Crippen LogP contribution in [0, 0.1) is 17.8 Å². The Labute approximate surface area is 191 Å². The average molecular weight is 417 g/mol. The summed E-state index contributed by atoms with van der Waals surface area (Å²) < 4.78 is 0. The van der Waals surface area contributed by atoms with E-state index in [0.29, 0.717) is 0 Å². The van der Waals surface area contributed by atoms with E-state index in [-0.39, 0.29) is 22.3 Å². The van der Waals surface area contributed by atoms with Crippen molar-refractivity contribution < 1.29 is 0 Å². The third kappa shape index (κ3) is 28.0. The first-order valence-electron chi connectivity index (χ1n) is 12.6. The molecule has 0 radical (unpaired) electrons. The normalized spacial score (nSPS) is 10.1. The summed E-state index contributed by atoms with van der Waals surface area (Å²) in [6.07, 6.45) is 22.8. The average Bonchev–Trinajstić information content (AvgIpc) is 2.68. The molecule has 0 heterocycles. The first-order chi connectivity index (χ1) is 12.6. The molecule has 0 aromatic heterocycles. The van der Waals surface area contributed by atoms with Crippen molar-refractivity contribution in [3.8, 4) is 0 Å². The van der Waals surface area contributed by atoms with Gasteiger partial charge in [-0.3, -0.25) is 0 Å². The summed E-state index contributed by atoms with van der Waals surface area (Å²) >= 11 is 0. The fraction of sp³-hybridized carbons (Fsp3) is 1.00. The molecule has 0 fully saturated rings. The first-order valence-corrected chi connectivity index (χ1v) is 12.6. The quantitative estimate of drug-likeness (QED) is 0.221. The maximum atomic E-state index is 2.32. The molecule has 0 nitrogen and oxygen atoms in total. The van der Waals surface area contributed by atoms with Gasteiger partial charge in [-0.05, 0) is 17.8 Å². The Balaban J connectivity index is -0.000000120. The van der Waals surface area contributed by atoms with Crippen LogP contribution in [0.4, 0.5) is 0 Å². The molecule has 0 spiro atoms. The van der Waals surface area contributed by atoms with E-state index in [2.05, 4.69) is 48.5 Å². The Morgan fingerprint density at radius 1 is 0.345 bits per heavy atom. The monoisotopic (exact) mass is 417 g/mol. The van der Waals surface area contributed by atoms with Gasteiger partial charge in [0.15, 0.2) is 0 Å². The molecule has 184 valence electrons. The molecule has 0 aromatic rings. The molecule has 0 N–H and O–H groups in total. The van der Waals surface area contributed by atoms with E-state index in [9.17, 15) is 0 Å². The molecule has 0 heteroatoms. The molecule has 0 aliphatic rings. The SMILES string of the molecule is C.C.C.CCC(CC)CCCC(CC)CC.CCCCC(CCCC)CCCC. The number of rotatable bonds is 17. The second-order valence-electron chi connectivity index (χ2n) is 8.59. The highest BCUT2D eigenvalue weighted by Crippen LogP contribution is 2.22.